The number of para-hydroxylation sites is 2. The molecule has 1 aliphatic heterocycles. The molecular weight excluding hydrogens is 440 g/mol. The van der Waals surface area contributed by atoms with Crippen LogP contribution in [-0.4, -0.2) is 42.5 Å². The lowest BCUT2D eigenvalue weighted by molar-refractivity contribution is -0.158. The van der Waals surface area contributed by atoms with Crippen molar-refractivity contribution in [3.8, 4) is 0 Å². The lowest BCUT2D eigenvalue weighted by Crippen LogP contribution is -2.52. The number of halogens is 6. The zero-order valence-corrected chi connectivity index (χ0v) is 16.8. The molecule has 5 nitrogen and oxygen atoms in total. The number of nitrogens with zero attached hydrogens (tertiary/aromatic N) is 2. The Bertz CT molecular complexity index is 988. The normalized spacial score (nSPS) is 17.1. The Labute approximate surface area is 179 Å². The van der Waals surface area contributed by atoms with Crippen LogP contribution in [0.2, 0.25) is 0 Å². The molecule has 1 aliphatic rings. The molecule has 11 heteroatoms. The number of fused-ring (bicyclic) bond motifs is 1. The van der Waals surface area contributed by atoms with E-state index in [1.807, 2.05) is 0 Å². The minimum Gasteiger partial charge on any atom is -0.324 e. The van der Waals surface area contributed by atoms with E-state index in [4.69, 9.17) is 0 Å². The van der Waals surface area contributed by atoms with Crippen LogP contribution in [0.4, 0.5) is 37.7 Å². The van der Waals surface area contributed by atoms with Gasteiger partial charge in [0.2, 0.25) is 11.8 Å². The van der Waals surface area contributed by atoms with Gasteiger partial charge in [-0.25, -0.2) is 0 Å². The van der Waals surface area contributed by atoms with Crippen molar-refractivity contribution in [2.45, 2.75) is 31.4 Å². The van der Waals surface area contributed by atoms with Gasteiger partial charge < -0.3 is 5.32 Å². The predicted octanol–water partition coefficient (Wildman–Crippen LogP) is 4.44. The molecule has 1 unspecified atom stereocenters. The average molecular weight is 459 g/mol. The number of likely N-dealkylation sites (N-methyl/N-ethyl adjacent to an activating group) is 1. The third kappa shape index (κ3) is 5.39. The Morgan fingerprint density at radius 1 is 1.06 bits per heavy atom. The first kappa shape index (κ1) is 23.6. The van der Waals surface area contributed by atoms with E-state index < -0.39 is 48.7 Å². The number of rotatable bonds is 4. The molecule has 2 amide bonds. The highest BCUT2D eigenvalue weighted by Crippen LogP contribution is 2.37. The lowest BCUT2D eigenvalue weighted by atomic mass is 10.1. The largest absolute Gasteiger partial charge is 0.416 e. The number of hydrogen-bond donors (Lipinski definition) is 1. The van der Waals surface area contributed by atoms with Gasteiger partial charge in [-0.15, -0.1) is 0 Å². The van der Waals surface area contributed by atoms with Crippen LogP contribution in [-0.2, 0) is 22.3 Å². The van der Waals surface area contributed by atoms with Crippen molar-refractivity contribution in [2.24, 2.45) is 0 Å². The highest BCUT2D eigenvalue weighted by Gasteiger charge is 2.49. The smallest absolute Gasteiger partial charge is 0.324 e. The number of carbonyl (C=O) groups is 2. The maximum atomic E-state index is 13.7. The Morgan fingerprint density at radius 2 is 1.69 bits per heavy atom. The van der Waals surface area contributed by atoms with Crippen molar-refractivity contribution >= 4 is 23.2 Å². The fourth-order valence-corrected chi connectivity index (χ4v) is 3.47. The first-order valence-corrected chi connectivity index (χ1v) is 9.48. The summed E-state index contributed by atoms with van der Waals surface area (Å²) in [7, 11) is 1.46. The second-order valence-electron chi connectivity index (χ2n) is 7.46. The highest BCUT2D eigenvalue weighted by atomic mass is 19.4. The molecule has 0 bridgehead atoms. The molecule has 32 heavy (non-hydrogen) atoms. The fraction of sp³-hybridized carbons (Fsp3) is 0.333. The van der Waals surface area contributed by atoms with Crippen LogP contribution in [0.5, 0.6) is 0 Å². The summed E-state index contributed by atoms with van der Waals surface area (Å²) in [5.41, 5.74) is -0.364. The molecular formula is C21H19F6N3O2. The summed E-state index contributed by atoms with van der Waals surface area (Å²) in [5, 5.41) is 2.38. The highest BCUT2D eigenvalue weighted by molar-refractivity contribution is 6.05. The van der Waals surface area contributed by atoms with E-state index >= 15 is 0 Å². The van der Waals surface area contributed by atoms with E-state index in [1.54, 1.807) is 0 Å². The van der Waals surface area contributed by atoms with Crippen molar-refractivity contribution < 1.29 is 35.9 Å². The van der Waals surface area contributed by atoms with Crippen LogP contribution in [0, 0.1) is 0 Å². The molecule has 0 spiro atoms. The zero-order valence-electron chi connectivity index (χ0n) is 16.8. The summed E-state index contributed by atoms with van der Waals surface area (Å²) < 4.78 is 79.3. The third-order valence-electron chi connectivity index (χ3n) is 4.91. The average Bonchev–Trinajstić information content (AvgIpc) is 2.83. The Kier molecular flexibility index (Phi) is 6.49. The Balaban J connectivity index is 1.81. The van der Waals surface area contributed by atoms with Crippen LogP contribution < -0.4 is 10.2 Å². The van der Waals surface area contributed by atoms with Crippen LogP contribution in [0.15, 0.2) is 48.5 Å². The number of carbonyl (C=O) groups excluding carboxylic acids is 2. The van der Waals surface area contributed by atoms with Crippen LogP contribution in [0.25, 0.3) is 0 Å². The maximum absolute atomic E-state index is 13.7. The van der Waals surface area contributed by atoms with Gasteiger partial charge in [0.1, 0.15) is 6.04 Å². The number of amides is 2. The third-order valence-corrected chi connectivity index (χ3v) is 4.91. The van der Waals surface area contributed by atoms with Gasteiger partial charge in [-0.1, -0.05) is 24.3 Å². The molecule has 0 aromatic heterocycles. The Morgan fingerprint density at radius 3 is 2.28 bits per heavy atom. The minimum absolute atomic E-state index is 0.0349. The van der Waals surface area contributed by atoms with Gasteiger partial charge >= 0.3 is 12.4 Å². The number of anilines is 2. The van der Waals surface area contributed by atoms with E-state index in [0.29, 0.717) is 10.5 Å². The second kappa shape index (κ2) is 8.81. The number of benzene rings is 2. The number of alkyl halides is 6. The van der Waals surface area contributed by atoms with Crippen molar-refractivity contribution in [2.75, 3.05) is 23.8 Å². The molecule has 172 valence electrons. The van der Waals surface area contributed by atoms with Crippen molar-refractivity contribution in [1.82, 2.24) is 4.90 Å². The second-order valence-corrected chi connectivity index (χ2v) is 7.46. The molecule has 0 aliphatic carbocycles. The van der Waals surface area contributed by atoms with Crippen molar-refractivity contribution in [3.63, 3.8) is 0 Å². The molecule has 0 saturated carbocycles. The van der Waals surface area contributed by atoms with Gasteiger partial charge in [0.15, 0.2) is 0 Å². The molecule has 1 atom stereocenters. The summed E-state index contributed by atoms with van der Waals surface area (Å²) in [4.78, 5) is 26.9. The lowest BCUT2D eigenvalue weighted by Gasteiger charge is -2.33. The monoisotopic (exact) mass is 459 g/mol. The van der Waals surface area contributed by atoms with Gasteiger partial charge in [-0.2, -0.15) is 26.3 Å². The maximum Gasteiger partial charge on any atom is 0.416 e. The topological polar surface area (TPSA) is 52.7 Å². The van der Waals surface area contributed by atoms with Crippen LogP contribution in [0.3, 0.4) is 0 Å². The standard InChI is InChI=1S/C21H19F6N3O2/c1-29(11-13-6-8-14(9-7-13)20(22,23)24)12-19(32)30-16-5-3-2-4-15(16)28-18(31)10-17(30)21(25,26)27/h2-9,17H,10-12H2,1H3,(H,28,31). The van der Waals surface area contributed by atoms with Gasteiger partial charge in [0, 0.05) is 6.54 Å². The SMILES string of the molecule is CN(CC(=O)N1c2ccccc2NC(=O)CC1C(F)(F)F)Cc1ccc(C(F)(F)F)cc1. The quantitative estimate of drug-likeness (QED) is 0.688. The fourth-order valence-electron chi connectivity index (χ4n) is 3.47. The molecule has 2 aromatic rings. The van der Waals surface area contributed by atoms with Crippen molar-refractivity contribution in [1.29, 1.82) is 0 Å². The molecule has 1 heterocycles. The van der Waals surface area contributed by atoms with E-state index in [0.717, 1.165) is 12.1 Å². The molecule has 3 rings (SSSR count). The predicted molar refractivity (Wildman–Crippen MR) is 105 cm³/mol. The van der Waals surface area contributed by atoms with E-state index in [2.05, 4.69) is 5.32 Å². The molecule has 0 radical (unpaired) electrons. The summed E-state index contributed by atoms with van der Waals surface area (Å²) in [6.45, 7) is -0.413. The van der Waals surface area contributed by atoms with Crippen molar-refractivity contribution in [3.05, 3.63) is 59.7 Å². The molecule has 2 aromatic carbocycles. The van der Waals surface area contributed by atoms with E-state index in [9.17, 15) is 35.9 Å². The first-order valence-electron chi connectivity index (χ1n) is 9.48. The summed E-state index contributed by atoms with van der Waals surface area (Å²) in [5.74, 6) is -1.76. The molecule has 0 fully saturated rings. The van der Waals surface area contributed by atoms with Gasteiger partial charge in [0.25, 0.3) is 0 Å². The summed E-state index contributed by atoms with van der Waals surface area (Å²) in [6.07, 6.45) is -10.3. The zero-order chi connectivity index (χ0) is 23.7. The summed E-state index contributed by atoms with van der Waals surface area (Å²) >= 11 is 0. The van der Waals surface area contributed by atoms with Gasteiger partial charge in [0.05, 0.1) is 29.9 Å². The summed E-state index contributed by atoms with van der Waals surface area (Å²) in [6, 6.07) is 7.62. The van der Waals surface area contributed by atoms with Crippen LogP contribution >= 0.6 is 0 Å². The first-order chi connectivity index (χ1) is 14.9. The number of nitrogens with one attached hydrogen (secondary N) is 1. The Hall–Kier alpha value is -3.08. The minimum atomic E-state index is -4.85. The van der Waals surface area contributed by atoms with Gasteiger partial charge in [-0.3, -0.25) is 19.4 Å². The van der Waals surface area contributed by atoms with E-state index in [-0.39, 0.29) is 17.9 Å². The molecule has 0 saturated heterocycles. The molecule has 1 N–H and O–H groups in total. The van der Waals surface area contributed by atoms with Gasteiger partial charge in [-0.05, 0) is 36.9 Å². The number of hydrogen-bond acceptors (Lipinski definition) is 3. The van der Waals surface area contributed by atoms with Crippen LogP contribution in [0.1, 0.15) is 17.5 Å². The van der Waals surface area contributed by atoms with E-state index in [1.165, 1.54) is 48.3 Å².